The van der Waals surface area contributed by atoms with Gasteiger partial charge < -0.3 is 17.0 Å². The molecule has 106 valence electrons. The summed E-state index contributed by atoms with van der Waals surface area (Å²) < 4.78 is 1.28. The summed E-state index contributed by atoms with van der Waals surface area (Å²) in [7, 11) is 0. The molecule has 0 aromatic heterocycles. The maximum absolute atomic E-state index is 4.78. The van der Waals surface area contributed by atoms with Crippen LogP contribution in [0.3, 0.4) is 0 Å². The Labute approximate surface area is 123 Å². The van der Waals surface area contributed by atoms with Crippen molar-refractivity contribution in [1.29, 1.82) is 0 Å². The highest BCUT2D eigenvalue weighted by Crippen LogP contribution is 2.27. The highest BCUT2D eigenvalue weighted by molar-refractivity contribution is 5.77. The third-order valence-corrected chi connectivity index (χ3v) is 4.80. The molecule has 1 saturated heterocycles. The van der Waals surface area contributed by atoms with Gasteiger partial charge in [-0.1, -0.05) is 26.7 Å². The van der Waals surface area contributed by atoms with Crippen LogP contribution in [-0.2, 0) is 0 Å². The van der Waals surface area contributed by atoms with Gasteiger partial charge in [0, 0.05) is 25.8 Å². The number of fused-ring (bicyclic) bond motifs is 1. The third-order valence-electron chi connectivity index (χ3n) is 4.80. The summed E-state index contributed by atoms with van der Waals surface area (Å²) in [5.74, 6) is 2.46. The Balaban J connectivity index is 0.00000162. The molecule has 2 aliphatic heterocycles. The van der Waals surface area contributed by atoms with Crippen molar-refractivity contribution >= 4 is 5.84 Å². The molecular weight excluding hydrogens is 288 g/mol. The average molecular weight is 317 g/mol. The molecule has 2 nitrogen and oxygen atoms in total. The molecule has 0 saturated carbocycles. The lowest BCUT2D eigenvalue weighted by Crippen LogP contribution is -3.00. The molecule has 2 rings (SSSR count). The van der Waals surface area contributed by atoms with Gasteiger partial charge in [-0.2, -0.15) is 0 Å². The summed E-state index contributed by atoms with van der Waals surface area (Å²) in [6.07, 6.45) is 9.56. The molecular formula is C15H29BrN2. The van der Waals surface area contributed by atoms with Crippen LogP contribution in [0.2, 0.25) is 0 Å². The Hall–Kier alpha value is 0.110. The number of halogens is 1. The van der Waals surface area contributed by atoms with Crippen molar-refractivity contribution in [3.63, 3.8) is 0 Å². The zero-order valence-electron chi connectivity index (χ0n) is 12.1. The van der Waals surface area contributed by atoms with E-state index in [9.17, 15) is 0 Å². The van der Waals surface area contributed by atoms with Crippen LogP contribution in [0, 0.1) is 5.92 Å². The van der Waals surface area contributed by atoms with Gasteiger partial charge in [-0.3, -0.25) is 4.48 Å². The largest absolute Gasteiger partial charge is 1.00 e. The second-order valence-corrected chi connectivity index (χ2v) is 6.08. The van der Waals surface area contributed by atoms with Crippen molar-refractivity contribution in [1.82, 2.24) is 0 Å². The Kier molecular flexibility index (Phi) is 6.86. The van der Waals surface area contributed by atoms with Gasteiger partial charge >= 0.3 is 0 Å². The molecule has 0 aromatic rings. The van der Waals surface area contributed by atoms with Crippen molar-refractivity contribution in [3.05, 3.63) is 0 Å². The maximum atomic E-state index is 4.78. The third kappa shape index (κ3) is 3.80. The molecule has 2 atom stereocenters. The first kappa shape index (κ1) is 16.2. The number of rotatable bonds is 6. The lowest BCUT2D eigenvalue weighted by atomic mass is 10.0. The summed E-state index contributed by atoms with van der Waals surface area (Å²) in [6.45, 7) is 9.92. The monoisotopic (exact) mass is 316 g/mol. The van der Waals surface area contributed by atoms with Gasteiger partial charge in [-0.25, -0.2) is 4.99 Å². The van der Waals surface area contributed by atoms with E-state index in [1.807, 2.05) is 0 Å². The molecule has 0 aromatic carbocycles. The Morgan fingerprint density at radius 1 is 1.22 bits per heavy atom. The van der Waals surface area contributed by atoms with Crippen molar-refractivity contribution in [2.24, 2.45) is 10.9 Å². The molecule has 2 heterocycles. The predicted molar refractivity (Wildman–Crippen MR) is 74.3 cm³/mol. The van der Waals surface area contributed by atoms with Crippen LogP contribution >= 0.6 is 0 Å². The van der Waals surface area contributed by atoms with Crippen LogP contribution in [0.25, 0.3) is 0 Å². The molecule has 0 spiro atoms. The first-order chi connectivity index (χ1) is 8.27. The Morgan fingerprint density at radius 2 is 2.00 bits per heavy atom. The number of aliphatic imine (C=N–C) groups is 1. The minimum Gasteiger partial charge on any atom is -1.00 e. The van der Waals surface area contributed by atoms with Gasteiger partial charge in [-0.05, 0) is 18.8 Å². The van der Waals surface area contributed by atoms with E-state index in [-0.39, 0.29) is 17.0 Å². The predicted octanol–water partition coefficient (Wildman–Crippen LogP) is 0.620. The van der Waals surface area contributed by atoms with Gasteiger partial charge in [-0.15, -0.1) is 0 Å². The molecule has 1 fully saturated rings. The van der Waals surface area contributed by atoms with E-state index in [0.717, 1.165) is 12.5 Å². The molecule has 2 unspecified atom stereocenters. The summed E-state index contributed by atoms with van der Waals surface area (Å²) in [5, 5.41) is 0. The fraction of sp³-hybridized carbons (Fsp3) is 0.933. The second kappa shape index (κ2) is 7.64. The fourth-order valence-corrected chi connectivity index (χ4v) is 3.42. The molecule has 0 bridgehead atoms. The molecule has 2 aliphatic rings. The van der Waals surface area contributed by atoms with Crippen molar-refractivity contribution < 1.29 is 21.5 Å². The molecule has 0 aliphatic carbocycles. The maximum Gasteiger partial charge on any atom is 0.198 e. The summed E-state index contributed by atoms with van der Waals surface area (Å²) in [6, 6.07) is 0. The summed E-state index contributed by atoms with van der Waals surface area (Å²) in [4.78, 5) is 4.78. The van der Waals surface area contributed by atoms with E-state index in [1.165, 1.54) is 69.1 Å². The smallest absolute Gasteiger partial charge is 0.198 e. The Morgan fingerprint density at radius 3 is 2.78 bits per heavy atom. The molecule has 0 N–H and O–H groups in total. The van der Waals surface area contributed by atoms with Crippen LogP contribution in [0.4, 0.5) is 0 Å². The lowest BCUT2D eigenvalue weighted by Gasteiger charge is -2.36. The number of hydrogen-bond donors (Lipinski definition) is 0. The minimum absolute atomic E-state index is 0. The normalized spacial score (nSPS) is 28.2. The van der Waals surface area contributed by atoms with Gasteiger partial charge in [0.25, 0.3) is 0 Å². The SMILES string of the molecule is CCC(C)CCCC[N+]12CCCN=C1CCC2.[Br-]. The van der Waals surface area contributed by atoms with Crippen molar-refractivity contribution in [3.8, 4) is 0 Å². The van der Waals surface area contributed by atoms with E-state index < -0.39 is 0 Å². The number of amidine groups is 1. The highest BCUT2D eigenvalue weighted by atomic mass is 79.9. The fourth-order valence-electron chi connectivity index (χ4n) is 3.42. The number of quaternary nitrogens is 1. The molecule has 3 heteroatoms. The summed E-state index contributed by atoms with van der Waals surface area (Å²) >= 11 is 0. The topological polar surface area (TPSA) is 12.4 Å². The first-order valence-corrected chi connectivity index (χ1v) is 7.67. The van der Waals surface area contributed by atoms with Gasteiger partial charge in [0.05, 0.1) is 19.6 Å². The molecule has 0 radical (unpaired) electrons. The average Bonchev–Trinajstić information content (AvgIpc) is 2.78. The standard InChI is InChI=1S/C15H29N2.BrH/c1-3-14(2)8-4-5-11-17-12-6-9-15(17)16-10-7-13-17;/h14H,3-13H2,1-2H3;1H/q+1;/p-1. The van der Waals surface area contributed by atoms with Gasteiger partial charge in [0.1, 0.15) is 0 Å². The number of hydrogen-bond acceptors (Lipinski definition) is 1. The van der Waals surface area contributed by atoms with E-state index >= 15 is 0 Å². The Bertz CT molecular complexity index is 278. The number of unbranched alkanes of at least 4 members (excludes halogenated alkanes) is 1. The van der Waals surface area contributed by atoms with E-state index in [2.05, 4.69) is 13.8 Å². The van der Waals surface area contributed by atoms with Crippen LogP contribution in [0.1, 0.15) is 58.8 Å². The second-order valence-electron chi connectivity index (χ2n) is 6.08. The van der Waals surface area contributed by atoms with Crippen LogP contribution < -0.4 is 17.0 Å². The molecule has 0 amide bonds. The van der Waals surface area contributed by atoms with Crippen LogP contribution in [-0.4, -0.2) is 36.5 Å². The van der Waals surface area contributed by atoms with Gasteiger partial charge in [0.2, 0.25) is 0 Å². The van der Waals surface area contributed by atoms with Crippen molar-refractivity contribution in [2.45, 2.75) is 58.8 Å². The van der Waals surface area contributed by atoms with Gasteiger partial charge in [0.15, 0.2) is 5.84 Å². The van der Waals surface area contributed by atoms with E-state index in [4.69, 9.17) is 4.99 Å². The van der Waals surface area contributed by atoms with E-state index in [0.29, 0.717) is 0 Å². The quantitative estimate of drug-likeness (QED) is 0.503. The zero-order chi connectivity index (χ0) is 12.1. The molecule has 18 heavy (non-hydrogen) atoms. The van der Waals surface area contributed by atoms with E-state index in [1.54, 1.807) is 5.84 Å². The highest BCUT2D eigenvalue weighted by Gasteiger charge is 2.39. The number of nitrogens with zero attached hydrogens (tertiary/aromatic N) is 2. The first-order valence-electron chi connectivity index (χ1n) is 7.67. The lowest BCUT2D eigenvalue weighted by molar-refractivity contribution is -0.837. The van der Waals surface area contributed by atoms with Crippen LogP contribution in [0.5, 0.6) is 0 Å². The minimum atomic E-state index is 0. The van der Waals surface area contributed by atoms with Crippen LogP contribution in [0.15, 0.2) is 4.99 Å². The zero-order valence-corrected chi connectivity index (χ0v) is 13.7. The summed E-state index contributed by atoms with van der Waals surface area (Å²) in [5.41, 5.74) is 0. The van der Waals surface area contributed by atoms with Crippen molar-refractivity contribution in [2.75, 3.05) is 26.2 Å².